The highest BCUT2D eigenvalue weighted by Gasteiger charge is 2.38. The lowest BCUT2D eigenvalue weighted by Crippen LogP contribution is -2.41. The molecule has 5 rings (SSSR count). The van der Waals surface area contributed by atoms with Crippen molar-refractivity contribution < 1.29 is 22.4 Å². The maximum atomic E-state index is 13.6. The van der Waals surface area contributed by atoms with Crippen LogP contribution in [0.25, 0.3) is 11.0 Å². The zero-order valence-corrected chi connectivity index (χ0v) is 14.8. The molecule has 0 saturated heterocycles. The van der Waals surface area contributed by atoms with Crippen molar-refractivity contribution in [2.24, 2.45) is 0 Å². The third-order valence-corrected chi connectivity index (χ3v) is 5.03. The van der Waals surface area contributed by atoms with Crippen LogP contribution in [-0.2, 0) is 6.42 Å². The van der Waals surface area contributed by atoms with Crippen molar-refractivity contribution in [3.8, 4) is 0 Å². The van der Waals surface area contributed by atoms with E-state index in [0.29, 0.717) is 33.5 Å². The molecule has 3 aromatic heterocycles. The molecule has 4 heterocycles. The second-order valence-electron chi connectivity index (χ2n) is 6.69. The summed E-state index contributed by atoms with van der Waals surface area (Å²) in [6, 6.07) is 6.25. The summed E-state index contributed by atoms with van der Waals surface area (Å²) in [6.07, 6.45) is 3.15. The molecule has 10 heteroatoms. The Labute approximate surface area is 161 Å². The van der Waals surface area contributed by atoms with E-state index >= 15 is 0 Å². The number of nitrogens with one attached hydrogen (secondary N) is 1. The molecule has 0 unspecified atom stereocenters. The fourth-order valence-corrected chi connectivity index (χ4v) is 3.74. The number of H-pyrrole nitrogens is 1. The molecule has 0 fully saturated rings. The Balaban J connectivity index is 1.62. The van der Waals surface area contributed by atoms with Crippen LogP contribution in [0.15, 0.2) is 47.3 Å². The molecule has 0 spiro atoms. The smallest absolute Gasteiger partial charge is 0.333 e. The Morgan fingerprint density at radius 3 is 2.97 bits per heavy atom. The first-order chi connectivity index (χ1) is 14.0. The number of aromatic nitrogens is 4. The second-order valence-corrected chi connectivity index (χ2v) is 6.69. The van der Waals surface area contributed by atoms with E-state index in [-0.39, 0.29) is 12.2 Å². The molecule has 1 aliphatic rings. The normalized spacial score (nSPS) is 16.6. The Morgan fingerprint density at radius 2 is 2.14 bits per heavy atom. The number of nitrogens with zero attached hydrogens (tertiary/aromatic N) is 4. The number of carbonyl (C=O) groups excluding carboxylic acids is 1. The average molecular weight is 401 g/mol. The molecule has 1 aliphatic heterocycles. The molecule has 1 atom stereocenters. The number of rotatable bonds is 3. The van der Waals surface area contributed by atoms with Crippen LogP contribution in [0.3, 0.4) is 0 Å². The van der Waals surface area contributed by atoms with Crippen LogP contribution in [0.4, 0.5) is 13.2 Å². The summed E-state index contributed by atoms with van der Waals surface area (Å²) in [5.74, 6) is -0.661. The van der Waals surface area contributed by atoms with E-state index < -0.39 is 24.3 Å². The summed E-state index contributed by atoms with van der Waals surface area (Å²) in [4.78, 5) is 21.9. The van der Waals surface area contributed by atoms with Crippen LogP contribution in [0.1, 0.15) is 40.2 Å². The summed E-state index contributed by atoms with van der Waals surface area (Å²) in [7, 11) is 0. The maximum Gasteiger partial charge on any atom is 0.333 e. The summed E-state index contributed by atoms with van der Waals surface area (Å²) in [6.45, 7) is -2.68. The monoisotopic (exact) mass is 401 g/mol. The molecule has 1 aromatic carbocycles. The van der Waals surface area contributed by atoms with E-state index in [1.54, 1.807) is 6.07 Å². The predicted octanol–water partition coefficient (Wildman–Crippen LogP) is 3.67. The van der Waals surface area contributed by atoms with Crippen molar-refractivity contribution in [1.29, 1.82) is 0 Å². The molecular formula is C19H14F3N5O2. The van der Waals surface area contributed by atoms with Gasteiger partial charge in [0, 0.05) is 30.2 Å². The first-order valence-corrected chi connectivity index (χ1v) is 8.86. The Hall–Kier alpha value is -3.56. The number of furan rings is 1. The van der Waals surface area contributed by atoms with Gasteiger partial charge in [-0.1, -0.05) is 0 Å². The zero-order valence-electron chi connectivity index (χ0n) is 14.8. The molecule has 0 radical (unpaired) electrons. The summed E-state index contributed by atoms with van der Waals surface area (Å²) in [5.41, 5.74) is 1.61. The van der Waals surface area contributed by atoms with Crippen molar-refractivity contribution in [1.82, 2.24) is 24.6 Å². The maximum absolute atomic E-state index is 13.6. The van der Waals surface area contributed by atoms with E-state index in [2.05, 4.69) is 15.1 Å². The number of amides is 1. The highest BCUT2D eigenvalue weighted by molar-refractivity contribution is 5.93. The molecule has 0 saturated carbocycles. The van der Waals surface area contributed by atoms with Crippen molar-refractivity contribution >= 4 is 16.9 Å². The Morgan fingerprint density at radius 1 is 1.28 bits per heavy atom. The van der Waals surface area contributed by atoms with E-state index in [0.717, 1.165) is 11.9 Å². The third-order valence-electron chi connectivity index (χ3n) is 5.03. The SMILES string of the molecule is O=C(c1ccnn1C(F)F)N1CCc2[nH]cnc2[C@H]1c1cc2cc(F)ccc2o1. The zero-order chi connectivity index (χ0) is 20.1. The largest absolute Gasteiger partial charge is 0.458 e. The Bertz CT molecular complexity index is 1210. The van der Waals surface area contributed by atoms with Crippen LogP contribution in [0.2, 0.25) is 0 Å². The molecule has 1 amide bonds. The van der Waals surface area contributed by atoms with Crippen LogP contribution in [-0.4, -0.2) is 37.1 Å². The summed E-state index contributed by atoms with van der Waals surface area (Å²) < 4.78 is 46.3. The lowest BCUT2D eigenvalue weighted by Gasteiger charge is -2.33. The number of alkyl halides is 2. The predicted molar refractivity (Wildman–Crippen MR) is 94.8 cm³/mol. The number of hydrogen-bond donors (Lipinski definition) is 1. The number of halogens is 3. The first-order valence-electron chi connectivity index (χ1n) is 8.86. The van der Waals surface area contributed by atoms with E-state index in [1.807, 2.05) is 0 Å². The summed E-state index contributed by atoms with van der Waals surface area (Å²) >= 11 is 0. The number of aromatic amines is 1. The van der Waals surface area contributed by atoms with E-state index in [1.165, 1.54) is 35.5 Å². The third kappa shape index (κ3) is 2.79. The van der Waals surface area contributed by atoms with Gasteiger partial charge in [0.1, 0.15) is 28.9 Å². The van der Waals surface area contributed by atoms with Gasteiger partial charge in [-0.25, -0.2) is 9.37 Å². The molecular weight excluding hydrogens is 387 g/mol. The van der Waals surface area contributed by atoms with Gasteiger partial charge in [-0.05, 0) is 30.3 Å². The molecule has 148 valence electrons. The molecule has 29 heavy (non-hydrogen) atoms. The van der Waals surface area contributed by atoms with Gasteiger partial charge in [0.25, 0.3) is 5.91 Å². The van der Waals surface area contributed by atoms with Crippen molar-refractivity contribution in [2.75, 3.05) is 6.54 Å². The Kier molecular flexibility index (Phi) is 3.93. The lowest BCUT2D eigenvalue weighted by molar-refractivity contribution is 0.0436. The fraction of sp³-hybridized carbons (Fsp3) is 0.211. The minimum absolute atomic E-state index is 0.230. The minimum atomic E-state index is -2.94. The van der Waals surface area contributed by atoms with Gasteiger partial charge in [0.2, 0.25) is 0 Å². The van der Waals surface area contributed by atoms with Crippen molar-refractivity contribution in [3.63, 3.8) is 0 Å². The van der Waals surface area contributed by atoms with Crippen molar-refractivity contribution in [2.45, 2.75) is 19.0 Å². The quantitative estimate of drug-likeness (QED) is 0.568. The van der Waals surface area contributed by atoms with Crippen LogP contribution < -0.4 is 0 Å². The average Bonchev–Trinajstić information content (AvgIpc) is 3.43. The molecule has 7 nitrogen and oxygen atoms in total. The molecule has 0 bridgehead atoms. The fourth-order valence-electron chi connectivity index (χ4n) is 3.74. The van der Waals surface area contributed by atoms with Gasteiger partial charge in [0.15, 0.2) is 0 Å². The van der Waals surface area contributed by atoms with E-state index in [4.69, 9.17) is 4.42 Å². The number of benzene rings is 1. The van der Waals surface area contributed by atoms with E-state index in [9.17, 15) is 18.0 Å². The molecule has 4 aromatic rings. The summed E-state index contributed by atoms with van der Waals surface area (Å²) in [5, 5.41) is 4.08. The number of carbonyl (C=O) groups is 1. The van der Waals surface area contributed by atoms with Crippen LogP contribution in [0.5, 0.6) is 0 Å². The first kappa shape index (κ1) is 17.5. The molecule has 1 N–H and O–H groups in total. The highest BCUT2D eigenvalue weighted by atomic mass is 19.3. The number of imidazole rings is 1. The number of hydrogen-bond acceptors (Lipinski definition) is 4. The molecule has 0 aliphatic carbocycles. The van der Waals surface area contributed by atoms with Gasteiger partial charge >= 0.3 is 6.55 Å². The van der Waals surface area contributed by atoms with Gasteiger partial charge in [-0.15, -0.1) is 0 Å². The highest BCUT2D eigenvalue weighted by Crippen LogP contribution is 2.37. The van der Waals surface area contributed by atoms with Crippen LogP contribution >= 0.6 is 0 Å². The van der Waals surface area contributed by atoms with Gasteiger partial charge in [-0.2, -0.15) is 18.6 Å². The van der Waals surface area contributed by atoms with Crippen molar-refractivity contribution in [3.05, 3.63) is 71.5 Å². The van der Waals surface area contributed by atoms with Gasteiger partial charge in [0.05, 0.1) is 12.0 Å². The lowest BCUT2D eigenvalue weighted by atomic mass is 9.99. The van der Waals surface area contributed by atoms with Gasteiger partial charge < -0.3 is 14.3 Å². The second kappa shape index (κ2) is 6.50. The number of fused-ring (bicyclic) bond motifs is 2. The van der Waals surface area contributed by atoms with Crippen LogP contribution in [0, 0.1) is 5.82 Å². The topological polar surface area (TPSA) is 80.0 Å². The standard InChI is InChI=1S/C19H14F3N5O2/c20-11-1-2-14-10(7-11)8-15(29-14)17-16-12(23-9-24-16)4-6-26(17)18(28)13-3-5-25-27(13)19(21)22/h1-3,5,7-9,17,19H,4,6H2,(H,23,24)/t17-/m1/s1. The van der Waals surface area contributed by atoms with Gasteiger partial charge in [-0.3, -0.25) is 4.79 Å². The minimum Gasteiger partial charge on any atom is -0.458 e.